The van der Waals surface area contributed by atoms with Gasteiger partial charge in [0.15, 0.2) is 0 Å². The van der Waals surface area contributed by atoms with Gasteiger partial charge in [-0.2, -0.15) is 0 Å². The lowest BCUT2D eigenvalue weighted by Gasteiger charge is -2.26. The van der Waals surface area contributed by atoms with Gasteiger partial charge in [0, 0.05) is 13.6 Å². The summed E-state index contributed by atoms with van der Waals surface area (Å²) in [4.78, 5) is 26.4. The molecule has 0 unspecified atom stereocenters. The van der Waals surface area contributed by atoms with Crippen LogP contribution in [0.1, 0.15) is 27.7 Å². The van der Waals surface area contributed by atoms with E-state index in [0.29, 0.717) is 13.2 Å². The number of amides is 3. The van der Waals surface area contributed by atoms with Gasteiger partial charge in [0.25, 0.3) is 0 Å². The summed E-state index contributed by atoms with van der Waals surface area (Å²) in [5, 5.41) is 0. The van der Waals surface area contributed by atoms with Crippen molar-refractivity contribution in [2.24, 2.45) is 0 Å². The monoisotopic (exact) mass is 320 g/mol. The predicted molar refractivity (Wildman–Crippen MR) is 72.8 cm³/mol. The average Bonchev–Trinajstić information content (AvgIpc) is 2.50. The number of rotatable bonds is 3. The lowest BCUT2D eigenvalue weighted by molar-refractivity contribution is -0.130. The minimum atomic E-state index is -0.370. The van der Waals surface area contributed by atoms with E-state index in [2.05, 4.69) is 15.9 Å². The number of imide groups is 1. The van der Waals surface area contributed by atoms with Gasteiger partial charge in [0.05, 0.1) is 23.1 Å². The summed E-state index contributed by atoms with van der Waals surface area (Å²) in [6.45, 7) is 8.45. The fourth-order valence-corrected chi connectivity index (χ4v) is 1.98. The number of ether oxygens (including phenoxy) is 1. The number of hydrogen-bond acceptors (Lipinski definition) is 3. The topological polar surface area (TPSA) is 49.9 Å². The molecule has 0 aromatic carbocycles. The lowest BCUT2D eigenvalue weighted by atomic mass is 10.2. The first-order valence-corrected chi connectivity index (χ1v) is 6.91. The summed E-state index contributed by atoms with van der Waals surface area (Å²) in [7, 11) is 1.69. The predicted octanol–water partition coefficient (Wildman–Crippen LogP) is 1.85. The third-order valence-electron chi connectivity index (χ3n) is 2.67. The van der Waals surface area contributed by atoms with Gasteiger partial charge in [-0.15, -0.1) is 0 Å². The number of nitrogens with zero attached hydrogens (tertiary/aromatic N) is 2. The molecule has 0 N–H and O–H groups in total. The summed E-state index contributed by atoms with van der Waals surface area (Å²) in [6.07, 6.45) is 0. The van der Waals surface area contributed by atoms with Crippen LogP contribution in [0.2, 0.25) is 0 Å². The Labute approximate surface area is 117 Å². The van der Waals surface area contributed by atoms with Crippen LogP contribution >= 0.6 is 15.9 Å². The lowest BCUT2D eigenvalue weighted by Crippen LogP contribution is -2.45. The average molecular weight is 321 g/mol. The maximum absolute atomic E-state index is 12.0. The van der Waals surface area contributed by atoms with E-state index in [1.54, 1.807) is 18.9 Å². The molecule has 0 saturated carbocycles. The van der Waals surface area contributed by atoms with E-state index >= 15 is 0 Å². The van der Waals surface area contributed by atoms with Gasteiger partial charge >= 0.3 is 6.03 Å². The summed E-state index contributed by atoms with van der Waals surface area (Å²) in [5.41, 5.74) is -0.279. The van der Waals surface area contributed by atoms with E-state index in [9.17, 15) is 9.59 Å². The van der Waals surface area contributed by atoms with Crippen LogP contribution in [-0.2, 0) is 9.53 Å². The van der Waals surface area contributed by atoms with E-state index in [1.807, 2.05) is 20.8 Å². The molecule has 1 aliphatic heterocycles. The Morgan fingerprint density at radius 1 is 1.56 bits per heavy atom. The zero-order valence-electron chi connectivity index (χ0n) is 11.6. The molecule has 0 aliphatic carbocycles. The Morgan fingerprint density at radius 2 is 2.11 bits per heavy atom. The molecule has 1 rings (SSSR count). The molecule has 0 aromatic heterocycles. The first kappa shape index (κ1) is 15.4. The number of urea groups is 1. The quantitative estimate of drug-likeness (QED) is 0.746. The zero-order chi connectivity index (χ0) is 14.1. The summed E-state index contributed by atoms with van der Waals surface area (Å²) in [6, 6.07) is -0.469. The zero-order valence-corrected chi connectivity index (χ0v) is 13.2. The van der Waals surface area contributed by atoms with Crippen LogP contribution in [0, 0.1) is 0 Å². The van der Waals surface area contributed by atoms with Crippen molar-refractivity contribution in [1.82, 2.24) is 9.80 Å². The molecule has 6 heteroatoms. The largest absolute Gasteiger partial charge is 0.374 e. The van der Waals surface area contributed by atoms with Crippen LogP contribution in [0.15, 0.2) is 0 Å². The van der Waals surface area contributed by atoms with E-state index < -0.39 is 0 Å². The number of carbonyl (C=O) groups is 2. The minimum absolute atomic E-state index is 0.214. The molecule has 1 fully saturated rings. The van der Waals surface area contributed by atoms with Crippen molar-refractivity contribution >= 4 is 27.9 Å². The Hall–Kier alpha value is -0.620. The first-order valence-electron chi connectivity index (χ1n) is 5.99. The van der Waals surface area contributed by atoms with Gasteiger partial charge < -0.3 is 9.64 Å². The molecule has 1 aliphatic rings. The highest BCUT2D eigenvalue weighted by Crippen LogP contribution is 2.20. The normalized spacial score (nSPS) is 22.6. The molecular weight excluding hydrogens is 300 g/mol. The SMILES string of the molecule is C[C@H](Br)C(=O)N1C(=O)N(C)C[C@H]1COC(C)(C)C. The van der Waals surface area contributed by atoms with Gasteiger partial charge in [0.1, 0.15) is 0 Å². The maximum atomic E-state index is 12.0. The van der Waals surface area contributed by atoms with Crippen molar-refractivity contribution in [2.45, 2.75) is 44.2 Å². The Morgan fingerprint density at radius 3 is 2.56 bits per heavy atom. The highest BCUT2D eigenvalue weighted by atomic mass is 79.9. The fourth-order valence-electron chi connectivity index (χ4n) is 1.76. The number of carbonyl (C=O) groups excluding carboxylic acids is 2. The molecule has 1 saturated heterocycles. The van der Waals surface area contributed by atoms with Gasteiger partial charge in [0.2, 0.25) is 5.91 Å². The van der Waals surface area contributed by atoms with Crippen molar-refractivity contribution in [2.75, 3.05) is 20.2 Å². The molecule has 5 nitrogen and oxygen atoms in total. The minimum Gasteiger partial charge on any atom is -0.374 e. The Kier molecular flexibility index (Phi) is 4.78. The molecule has 104 valence electrons. The summed E-state index contributed by atoms with van der Waals surface area (Å²) < 4.78 is 5.68. The second-order valence-corrected chi connectivity index (χ2v) is 6.94. The molecule has 3 amide bonds. The van der Waals surface area contributed by atoms with Gasteiger partial charge in [-0.25, -0.2) is 4.79 Å². The molecular formula is C12H21BrN2O3. The second-order valence-electron chi connectivity index (χ2n) is 5.56. The molecule has 2 atom stereocenters. The van der Waals surface area contributed by atoms with Crippen molar-refractivity contribution in [3.05, 3.63) is 0 Å². The number of likely N-dealkylation sites (N-methyl/N-ethyl adjacent to an activating group) is 1. The van der Waals surface area contributed by atoms with Crippen molar-refractivity contribution < 1.29 is 14.3 Å². The van der Waals surface area contributed by atoms with Crippen molar-refractivity contribution in [1.29, 1.82) is 0 Å². The standard InChI is InChI=1S/C12H21BrN2O3/c1-8(13)10(16)15-9(6-14(5)11(15)17)7-18-12(2,3)4/h8-9H,6-7H2,1-5H3/t8-,9-/m0/s1. The van der Waals surface area contributed by atoms with Crippen molar-refractivity contribution in [3.8, 4) is 0 Å². The molecule has 0 bridgehead atoms. The second kappa shape index (κ2) is 5.57. The first-order chi connectivity index (χ1) is 8.13. The van der Waals surface area contributed by atoms with Gasteiger partial charge in [-0.3, -0.25) is 9.69 Å². The fraction of sp³-hybridized carbons (Fsp3) is 0.833. The summed E-state index contributed by atoms with van der Waals surface area (Å²) in [5.74, 6) is -0.216. The number of halogens is 1. The van der Waals surface area contributed by atoms with Crippen LogP contribution in [0.3, 0.4) is 0 Å². The van der Waals surface area contributed by atoms with E-state index in [0.717, 1.165) is 0 Å². The van der Waals surface area contributed by atoms with Crippen molar-refractivity contribution in [3.63, 3.8) is 0 Å². The third kappa shape index (κ3) is 3.68. The van der Waals surface area contributed by atoms with E-state index in [-0.39, 0.29) is 28.4 Å². The highest BCUT2D eigenvalue weighted by Gasteiger charge is 2.41. The highest BCUT2D eigenvalue weighted by molar-refractivity contribution is 9.10. The van der Waals surface area contributed by atoms with Gasteiger partial charge in [-0.05, 0) is 27.7 Å². The molecule has 1 heterocycles. The van der Waals surface area contributed by atoms with Crippen LogP contribution in [0.5, 0.6) is 0 Å². The summed E-state index contributed by atoms with van der Waals surface area (Å²) >= 11 is 3.21. The molecule has 18 heavy (non-hydrogen) atoms. The Balaban J connectivity index is 2.76. The van der Waals surface area contributed by atoms with E-state index in [1.165, 1.54) is 4.90 Å². The van der Waals surface area contributed by atoms with Crippen LogP contribution in [0.25, 0.3) is 0 Å². The van der Waals surface area contributed by atoms with Gasteiger partial charge in [-0.1, -0.05) is 15.9 Å². The smallest absolute Gasteiger partial charge is 0.326 e. The van der Waals surface area contributed by atoms with Crippen LogP contribution in [-0.4, -0.2) is 58.4 Å². The van der Waals surface area contributed by atoms with Crippen LogP contribution < -0.4 is 0 Å². The number of hydrogen-bond donors (Lipinski definition) is 0. The maximum Gasteiger partial charge on any atom is 0.326 e. The van der Waals surface area contributed by atoms with Crippen LogP contribution in [0.4, 0.5) is 4.79 Å². The number of alkyl halides is 1. The Bertz CT molecular complexity index is 339. The molecule has 0 radical (unpaired) electrons. The molecule has 0 spiro atoms. The molecule has 0 aromatic rings. The van der Waals surface area contributed by atoms with E-state index in [4.69, 9.17) is 4.74 Å². The third-order valence-corrected chi connectivity index (χ3v) is 3.06.